The minimum atomic E-state index is -3.28. The van der Waals surface area contributed by atoms with Crippen molar-refractivity contribution in [3.05, 3.63) is 0 Å². The second kappa shape index (κ2) is 6.13. The van der Waals surface area contributed by atoms with Gasteiger partial charge in [-0.25, -0.2) is 0 Å². The van der Waals surface area contributed by atoms with E-state index in [0.29, 0.717) is 19.6 Å². The Labute approximate surface area is 105 Å². The number of piperidine rings is 1. The van der Waals surface area contributed by atoms with E-state index in [0.717, 1.165) is 19.3 Å². The first-order chi connectivity index (χ1) is 7.89. The molecule has 0 aromatic rings. The molecule has 1 saturated heterocycles. The first-order valence-electron chi connectivity index (χ1n) is 6.36. The third-order valence-corrected chi connectivity index (χ3v) is 5.44. The van der Waals surface area contributed by atoms with Gasteiger partial charge in [-0.3, -0.25) is 0 Å². The van der Waals surface area contributed by atoms with Gasteiger partial charge in [0, 0.05) is 32.7 Å². The van der Waals surface area contributed by atoms with Gasteiger partial charge in [-0.15, -0.1) is 0 Å². The molecule has 17 heavy (non-hydrogen) atoms. The topological polar surface area (TPSA) is 66.6 Å². The molecule has 0 saturated carbocycles. The summed E-state index contributed by atoms with van der Waals surface area (Å²) in [6, 6.07) is 0.127. The summed E-state index contributed by atoms with van der Waals surface area (Å²) < 4.78 is 27.5. The van der Waals surface area contributed by atoms with E-state index in [9.17, 15) is 8.42 Å². The van der Waals surface area contributed by atoms with E-state index in [-0.39, 0.29) is 12.0 Å². The molecule has 0 spiro atoms. The minimum Gasteiger partial charge on any atom is -0.327 e. The third-order valence-electron chi connectivity index (χ3n) is 3.48. The van der Waals surface area contributed by atoms with Crippen molar-refractivity contribution in [1.29, 1.82) is 0 Å². The number of hydrogen-bond acceptors (Lipinski definition) is 3. The summed E-state index contributed by atoms with van der Waals surface area (Å²) in [5.74, 6) is 0.234. The van der Waals surface area contributed by atoms with E-state index in [1.165, 1.54) is 4.31 Å². The Bertz CT molecular complexity index is 332. The normalized spacial score (nSPS) is 27.6. The fraction of sp³-hybridized carbons (Fsp3) is 1.00. The molecule has 1 aliphatic rings. The van der Waals surface area contributed by atoms with E-state index in [1.807, 2.05) is 6.92 Å². The fourth-order valence-electron chi connectivity index (χ4n) is 2.03. The standard InChI is InChI=1S/C11H25N3O2S/c1-4-5-7-13(3)17(15,16)14-8-6-11(12)10(2)9-14/h10-11H,4-9,12H2,1-3H3. The predicted octanol–water partition coefficient (Wildman–Crippen LogP) is 0.632. The summed E-state index contributed by atoms with van der Waals surface area (Å²) in [6.07, 6.45) is 2.65. The Hall–Kier alpha value is -0.170. The fourth-order valence-corrected chi connectivity index (χ4v) is 3.54. The van der Waals surface area contributed by atoms with Gasteiger partial charge in [-0.05, 0) is 18.8 Å². The second-order valence-corrected chi connectivity index (χ2v) is 7.01. The van der Waals surface area contributed by atoms with Crippen LogP contribution in [0, 0.1) is 5.92 Å². The SMILES string of the molecule is CCCCN(C)S(=O)(=O)N1CCC(N)C(C)C1. The van der Waals surface area contributed by atoms with E-state index in [2.05, 4.69) is 6.92 Å². The molecular formula is C11H25N3O2S. The lowest BCUT2D eigenvalue weighted by atomic mass is 9.96. The lowest BCUT2D eigenvalue weighted by molar-refractivity contribution is 0.237. The van der Waals surface area contributed by atoms with Crippen LogP contribution in [0.15, 0.2) is 0 Å². The van der Waals surface area contributed by atoms with Crippen molar-refractivity contribution in [2.24, 2.45) is 11.7 Å². The quantitative estimate of drug-likeness (QED) is 0.791. The van der Waals surface area contributed by atoms with Crippen molar-refractivity contribution in [3.8, 4) is 0 Å². The molecule has 2 N–H and O–H groups in total. The summed E-state index contributed by atoms with van der Waals surface area (Å²) in [5, 5.41) is 0. The molecule has 2 atom stereocenters. The second-order valence-electron chi connectivity index (χ2n) is 4.97. The number of rotatable bonds is 5. The maximum absolute atomic E-state index is 12.3. The van der Waals surface area contributed by atoms with Gasteiger partial charge in [0.25, 0.3) is 10.2 Å². The van der Waals surface area contributed by atoms with Crippen LogP contribution in [0.5, 0.6) is 0 Å². The van der Waals surface area contributed by atoms with E-state index in [4.69, 9.17) is 5.73 Å². The lowest BCUT2D eigenvalue weighted by Crippen LogP contribution is -2.51. The Morgan fingerprint density at radius 3 is 2.65 bits per heavy atom. The summed E-state index contributed by atoms with van der Waals surface area (Å²) in [5.41, 5.74) is 5.90. The van der Waals surface area contributed by atoms with Crippen molar-refractivity contribution < 1.29 is 8.42 Å². The van der Waals surface area contributed by atoms with E-state index < -0.39 is 10.2 Å². The van der Waals surface area contributed by atoms with Crippen LogP contribution in [0.3, 0.4) is 0 Å². The van der Waals surface area contributed by atoms with E-state index in [1.54, 1.807) is 11.4 Å². The monoisotopic (exact) mass is 263 g/mol. The maximum atomic E-state index is 12.3. The smallest absolute Gasteiger partial charge is 0.281 e. The maximum Gasteiger partial charge on any atom is 0.281 e. The lowest BCUT2D eigenvalue weighted by Gasteiger charge is -2.36. The Morgan fingerprint density at radius 1 is 1.47 bits per heavy atom. The largest absolute Gasteiger partial charge is 0.327 e. The molecule has 1 rings (SSSR count). The van der Waals surface area contributed by atoms with Crippen LogP contribution in [-0.4, -0.2) is 49.8 Å². The van der Waals surface area contributed by atoms with Crippen LogP contribution < -0.4 is 5.73 Å². The van der Waals surface area contributed by atoms with Crippen molar-refractivity contribution in [1.82, 2.24) is 8.61 Å². The first kappa shape index (κ1) is 14.9. The molecule has 0 amide bonds. The molecule has 0 radical (unpaired) electrons. The zero-order valence-corrected chi connectivity index (χ0v) is 11.9. The van der Waals surface area contributed by atoms with Crippen molar-refractivity contribution in [3.63, 3.8) is 0 Å². The molecule has 2 unspecified atom stereocenters. The Morgan fingerprint density at radius 2 is 2.12 bits per heavy atom. The number of hydrogen-bond donors (Lipinski definition) is 1. The molecule has 6 heteroatoms. The summed E-state index contributed by atoms with van der Waals surface area (Å²) >= 11 is 0. The van der Waals surface area contributed by atoms with Gasteiger partial charge in [-0.1, -0.05) is 20.3 Å². The Balaban J connectivity index is 2.64. The predicted molar refractivity (Wildman–Crippen MR) is 69.8 cm³/mol. The molecule has 0 aromatic heterocycles. The third kappa shape index (κ3) is 3.64. The summed E-state index contributed by atoms with van der Waals surface area (Å²) in [4.78, 5) is 0. The van der Waals surface area contributed by atoms with Crippen molar-refractivity contribution in [2.75, 3.05) is 26.7 Å². The van der Waals surface area contributed by atoms with Crippen LogP contribution >= 0.6 is 0 Å². The van der Waals surface area contributed by atoms with Gasteiger partial charge in [0.1, 0.15) is 0 Å². The van der Waals surface area contributed by atoms with Crippen molar-refractivity contribution >= 4 is 10.2 Å². The summed E-state index contributed by atoms with van der Waals surface area (Å²) in [7, 11) is -1.62. The van der Waals surface area contributed by atoms with Crippen LogP contribution in [0.1, 0.15) is 33.1 Å². The number of nitrogens with two attached hydrogens (primary N) is 1. The molecule has 0 bridgehead atoms. The van der Waals surface area contributed by atoms with Crippen LogP contribution in [-0.2, 0) is 10.2 Å². The summed E-state index contributed by atoms with van der Waals surface area (Å²) in [6.45, 7) is 5.75. The molecule has 5 nitrogen and oxygen atoms in total. The zero-order valence-electron chi connectivity index (χ0n) is 11.1. The van der Waals surface area contributed by atoms with Gasteiger partial charge in [0.15, 0.2) is 0 Å². The molecule has 0 aromatic carbocycles. The average Bonchev–Trinajstić information content (AvgIpc) is 2.29. The highest BCUT2D eigenvalue weighted by Gasteiger charge is 2.33. The average molecular weight is 263 g/mol. The Kier molecular flexibility index (Phi) is 5.37. The molecule has 1 heterocycles. The highest BCUT2D eigenvalue weighted by atomic mass is 32.2. The molecule has 1 aliphatic heterocycles. The molecule has 102 valence electrons. The van der Waals surface area contributed by atoms with Gasteiger partial charge in [-0.2, -0.15) is 17.0 Å². The van der Waals surface area contributed by atoms with Crippen molar-refractivity contribution in [2.45, 2.75) is 39.2 Å². The highest BCUT2D eigenvalue weighted by Crippen LogP contribution is 2.19. The van der Waals surface area contributed by atoms with Gasteiger partial charge < -0.3 is 5.73 Å². The zero-order chi connectivity index (χ0) is 13.1. The van der Waals surface area contributed by atoms with Crippen LogP contribution in [0.2, 0.25) is 0 Å². The van der Waals surface area contributed by atoms with Gasteiger partial charge >= 0.3 is 0 Å². The van der Waals surface area contributed by atoms with Crippen LogP contribution in [0.4, 0.5) is 0 Å². The van der Waals surface area contributed by atoms with E-state index >= 15 is 0 Å². The van der Waals surface area contributed by atoms with Crippen LogP contribution in [0.25, 0.3) is 0 Å². The number of nitrogens with zero attached hydrogens (tertiary/aromatic N) is 2. The highest BCUT2D eigenvalue weighted by molar-refractivity contribution is 7.86. The minimum absolute atomic E-state index is 0.127. The molecule has 0 aliphatic carbocycles. The van der Waals surface area contributed by atoms with Gasteiger partial charge in [0.05, 0.1) is 0 Å². The first-order valence-corrected chi connectivity index (χ1v) is 7.76. The van der Waals surface area contributed by atoms with Gasteiger partial charge in [0.2, 0.25) is 0 Å². The molecule has 1 fully saturated rings. The number of unbranched alkanes of at least 4 members (excludes halogenated alkanes) is 1. The molecular weight excluding hydrogens is 238 g/mol.